The minimum atomic E-state index is -0.108. The number of nitrogen functional groups attached to an aromatic ring is 1. The summed E-state index contributed by atoms with van der Waals surface area (Å²) in [5.41, 5.74) is 8.45. The summed E-state index contributed by atoms with van der Waals surface area (Å²) in [5, 5.41) is 0. The lowest BCUT2D eigenvalue weighted by atomic mass is 10.2. The number of carbonyl (C=O) groups is 1. The summed E-state index contributed by atoms with van der Waals surface area (Å²) in [6, 6.07) is 14.4. The van der Waals surface area contributed by atoms with Gasteiger partial charge in [0.05, 0.1) is 11.0 Å². The van der Waals surface area contributed by atoms with Gasteiger partial charge in [0, 0.05) is 11.3 Å². The topological polar surface area (TPSA) is 60.9 Å². The van der Waals surface area contributed by atoms with Gasteiger partial charge in [-0.15, -0.1) is 0 Å². The molecule has 1 heterocycles. The molecule has 18 heavy (non-hydrogen) atoms. The van der Waals surface area contributed by atoms with E-state index in [2.05, 4.69) is 4.98 Å². The summed E-state index contributed by atoms with van der Waals surface area (Å²) in [6.45, 7) is 0. The van der Waals surface area contributed by atoms with Crippen molar-refractivity contribution in [2.75, 3.05) is 5.73 Å². The Morgan fingerprint density at radius 2 is 1.78 bits per heavy atom. The second-order valence-corrected chi connectivity index (χ2v) is 4.03. The molecular formula is C14H11N3O. The number of hydrogen-bond acceptors (Lipinski definition) is 3. The molecule has 0 aliphatic rings. The van der Waals surface area contributed by atoms with Crippen LogP contribution in [0.15, 0.2) is 54.9 Å². The maximum absolute atomic E-state index is 12.3. The van der Waals surface area contributed by atoms with E-state index in [1.54, 1.807) is 35.2 Å². The number of fused-ring (bicyclic) bond motifs is 1. The molecule has 0 unspecified atom stereocenters. The van der Waals surface area contributed by atoms with Crippen LogP contribution in [-0.2, 0) is 0 Å². The van der Waals surface area contributed by atoms with Crippen molar-refractivity contribution >= 4 is 22.6 Å². The SMILES string of the molecule is Nc1ccc(C(=O)n2cnc3ccccc32)cc1. The Hall–Kier alpha value is -2.62. The van der Waals surface area contributed by atoms with Crippen molar-refractivity contribution in [2.45, 2.75) is 0 Å². The fourth-order valence-electron chi connectivity index (χ4n) is 1.89. The number of benzene rings is 2. The first kappa shape index (κ1) is 10.5. The van der Waals surface area contributed by atoms with E-state index >= 15 is 0 Å². The van der Waals surface area contributed by atoms with Crippen LogP contribution in [0.3, 0.4) is 0 Å². The van der Waals surface area contributed by atoms with Crippen LogP contribution in [0.2, 0.25) is 0 Å². The highest BCUT2D eigenvalue weighted by Gasteiger charge is 2.11. The van der Waals surface area contributed by atoms with Crippen molar-refractivity contribution in [1.29, 1.82) is 0 Å². The summed E-state index contributed by atoms with van der Waals surface area (Å²) in [4.78, 5) is 16.5. The predicted octanol–water partition coefficient (Wildman–Crippen LogP) is 2.31. The molecule has 0 amide bonds. The number of nitrogens with zero attached hydrogens (tertiary/aromatic N) is 2. The van der Waals surface area contributed by atoms with E-state index in [1.807, 2.05) is 24.3 Å². The van der Waals surface area contributed by atoms with Gasteiger partial charge in [-0.05, 0) is 36.4 Å². The maximum Gasteiger partial charge on any atom is 0.263 e. The number of nitrogens with two attached hydrogens (primary N) is 1. The summed E-state index contributed by atoms with van der Waals surface area (Å²) >= 11 is 0. The zero-order valence-corrected chi connectivity index (χ0v) is 9.58. The number of aromatic nitrogens is 2. The molecule has 2 aromatic carbocycles. The second kappa shape index (κ2) is 4.00. The molecule has 0 aliphatic heterocycles. The van der Waals surface area contributed by atoms with Crippen molar-refractivity contribution in [1.82, 2.24) is 9.55 Å². The molecule has 0 saturated heterocycles. The molecule has 3 aromatic rings. The minimum Gasteiger partial charge on any atom is -0.399 e. The van der Waals surface area contributed by atoms with Crippen molar-refractivity contribution in [3.05, 3.63) is 60.4 Å². The first-order chi connectivity index (χ1) is 8.75. The van der Waals surface area contributed by atoms with E-state index in [9.17, 15) is 4.79 Å². The molecule has 3 rings (SSSR count). The Kier molecular flexibility index (Phi) is 2.34. The highest BCUT2D eigenvalue weighted by molar-refractivity contribution is 6.01. The van der Waals surface area contributed by atoms with E-state index < -0.39 is 0 Å². The summed E-state index contributed by atoms with van der Waals surface area (Å²) in [5.74, 6) is -0.108. The van der Waals surface area contributed by atoms with Crippen LogP contribution in [0.25, 0.3) is 11.0 Å². The standard InChI is InChI=1S/C14H11N3O/c15-11-7-5-10(6-8-11)14(18)17-9-16-12-3-1-2-4-13(12)17/h1-9H,15H2. The summed E-state index contributed by atoms with van der Waals surface area (Å²) in [6.07, 6.45) is 1.54. The number of imidazole rings is 1. The van der Waals surface area contributed by atoms with Crippen LogP contribution in [0.1, 0.15) is 10.4 Å². The Labute approximate surface area is 104 Å². The maximum atomic E-state index is 12.3. The molecule has 2 N–H and O–H groups in total. The Balaban J connectivity index is 2.09. The molecule has 1 aromatic heterocycles. The Bertz CT molecular complexity index is 713. The van der Waals surface area contributed by atoms with Crippen LogP contribution in [0.4, 0.5) is 5.69 Å². The van der Waals surface area contributed by atoms with Crippen LogP contribution in [-0.4, -0.2) is 15.5 Å². The van der Waals surface area contributed by atoms with Crippen LogP contribution in [0, 0.1) is 0 Å². The van der Waals surface area contributed by atoms with Crippen molar-refractivity contribution in [3.63, 3.8) is 0 Å². The average Bonchev–Trinajstić information content (AvgIpc) is 2.82. The molecule has 0 fully saturated rings. The van der Waals surface area contributed by atoms with E-state index in [4.69, 9.17) is 5.73 Å². The third kappa shape index (κ3) is 1.64. The fourth-order valence-corrected chi connectivity index (χ4v) is 1.89. The quantitative estimate of drug-likeness (QED) is 0.660. The number of para-hydroxylation sites is 2. The van der Waals surface area contributed by atoms with Crippen LogP contribution >= 0.6 is 0 Å². The van der Waals surface area contributed by atoms with E-state index in [0.29, 0.717) is 11.3 Å². The normalized spacial score (nSPS) is 10.7. The number of carbonyl (C=O) groups excluding carboxylic acids is 1. The molecule has 0 saturated carbocycles. The first-order valence-electron chi connectivity index (χ1n) is 5.58. The zero-order chi connectivity index (χ0) is 12.5. The lowest BCUT2D eigenvalue weighted by Crippen LogP contribution is -2.10. The monoisotopic (exact) mass is 237 g/mol. The molecule has 0 aliphatic carbocycles. The van der Waals surface area contributed by atoms with E-state index in [-0.39, 0.29) is 5.91 Å². The first-order valence-corrected chi connectivity index (χ1v) is 5.58. The third-order valence-electron chi connectivity index (χ3n) is 2.83. The largest absolute Gasteiger partial charge is 0.399 e. The molecule has 4 nitrogen and oxygen atoms in total. The summed E-state index contributed by atoms with van der Waals surface area (Å²) < 4.78 is 1.54. The average molecular weight is 237 g/mol. The van der Waals surface area contributed by atoms with Crippen molar-refractivity contribution in [2.24, 2.45) is 0 Å². The highest BCUT2D eigenvalue weighted by Crippen LogP contribution is 2.14. The zero-order valence-electron chi connectivity index (χ0n) is 9.58. The molecule has 0 radical (unpaired) electrons. The number of hydrogen-bond donors (Lipinski definition) is 1. The lowest BCUT2D eigenvalue weighted by molar-refractivity contribution is 0.0964. The number of rotatable bonds is 1. The van der Waals surface area contributed by atoms with Gasteiger partial charge in [-0.2, -0.15) is 0 Å². The van der Waals surface area contributed by atoms with Gasteiger partial charge in [-0.3, -0.25) is 9.36 Å². The molecule has 0 atom stereocenters. The Morgan fingerprint density at radius 1 is 1.06 bits per heavy atom. The van der Waals surface area contributed by atoms with Gasteiger partial charge in [-0.1, -0.05) is 12.1 Å². The third-order valence-corrected chi connectivity index (χ3v) is 2.83. The predicted molar refractivity (Wildman–Crippen MR) is 70.3 cm³/mol. The molecule has 4 heteroatoms. The number of anilines is 1. The molecule has 0 bridgehead atoms. The Morgan fingerprint density at radius 3 is 2.56 bits per heavy atom. The van der Waals surface area contributed by atoms with Gasteiger partial charge < -0.3 is 5.73 Å². The summed E-state index contributed by atoms with van der Waals surface area (Å²) in [7, 11) is 0. The second-order valence-electron chi connectivity index (χ2n) is 4.03. The molecule has 0 spiro atoms. The van der Waals surface area contributed by atoms with Gasteiger partial charge in [-0.25, -0.2) is 4.98 Å². The minimum absolute atomic E-state index is 0.108. The smallest absolute Gasteiger partial charge is 0.263 e. The van der Waals surface area contributed by atoms with Crippen LogP contribution < -0.4 is 5.73 Å². The van der Waals surface area contributed by atoms with E-state index in [1.165, 1.54) is 0 Å². The highest BCUT2D eigenvalue weighted by atomic mass is 16.2. The fraction of sp³-hybridized carbons (Fsp3) is 0. The lowest BCUT2D eigenvalue weighted by Gasteiger charge is -2.03. The van der Waals surface area contributed by atoms with Crippen LogP contribution in [0.5, 0.6) is 0 Å². The van der Waals surface area contributed by atoms with Gasteiger partial charge in [0.2, 0.25) is 0 Å². The van der Waals surface area contributed by atoms with Crippen molar-refractivity contribution in [3.8, 4) is 0 Å². The molecule has 88 valence electrons. The van der Waals surface area contributed by atoms with Gasteiger partial charge in [0.15, 0.2) is 0 Å². The molecular weight excluding hydrogens is 226 g/mol. The van der Waals surface area contributed by atoms with Gasteiger partial charge in [0.25, 0.3) is 5.91 Å². The van der Waals surface area contributed by atoms with Gasteiger partial charge >= 0.3 is 0 Å². The van der Waals surface area contributed by atoms with Gasteiger partial charge in [0.1, 0.15) is 6.33 Å². The van der Waals surface area contributed by atoms with E-state index in [0.717, 1.165) is 11.0 Å². The van der Waals surface area contributed by atoms with Crippen molar-refractivity contribution < 1.29 is 4.79 Å².